The van der Waals surface area contributed by atoms with Crippen molar-refractivity contribution in [3.63, 3.8) is 0 Å². The van der Waals surface area contributed by atoms with Gasteiger partial charge in [-0.15, -0.1) is 0 Å². The number of methoxy groups -OCH3 is 1. The minimum Gasteiger partial charge on any atom is -0.494 e. The molecule has 1 N–H and O–H groups in total. The molecule has 0 spiro atoms. The van der Waals surface area contributed by atoms with E-state index in [4.69, 9.17) is 9.47 Å². The molecule has 1 aromatic heterocycles. The van der Waals surface area contributed by atoms with E-state index in [9.17, 15) is 19.7 Å². The predicted octanol–water partition coefficient (Wildman–Crippen LogP) is 5.14. The zero-order valence-electron chi connectivity index (χ0n) is 24.2. The summed E-state index contributed by atoms with van der Waals surface area (Å²) in [5, 5.41) is 12.6. The number of carbonyl (C=O) groups excluding carboxylic acids is 2. The molecule has 10 nitrogen and oxygen atoms in total. The Morgan fingerprint density at radius 1 is 1.00 bits per heavy atom. The lowest BCUT2D eigenvalue weighted by Crippen LogP contribution is -2.44. The maximum absolute atomic E-state index is 13.8. The van der Waals surface area contributed by atoms with Gasteiger partial charge in [-0.25, -0.2) is 0 Å². The first-order chi connectivity index (χ1) is 20.3. The molecular formula is C32H36N4O6. The van der Waals surface area contributed by atoms with Crippen LogP contribution in [0.5, 0.6) is 5.75 Å². The Morgan fingerprint density at radius 2 is 1.76 bits per heavy atom. The highest BCUT2D eigenvalue weighted by Gasteiger charge is 2.24. The van der Waals surface area contributed by atoms with Crippen LogP contribution in [0.3, 0.4) is 0 Å². The summed E-state index contributed by atoms with van der Waals surface area (Å²) in [4.78, 5) is 44.7. The van der Waals surface area contributed by atoms with Crippen LogP contribution < -0.4 is 4.74 Å². The summed E-state index contributed by atoms with van der Waals surface area (Å²) in [5.74, 6) is 0.0392. The second-order valence-corrected chi connectivity index (χ2v) is 9.98. The summed E-state index contributed by atoms with van der Waals surface area (Å²) in [6.07, 6.45) is 2.58. The number of nitro groups is 1. The number of nitrogens with one attached hydrogen (secondary N) is 1. The summed E-state index contributed by atoms with van der Waals surface area (Å²) >= 11 is 0. The highest BCUT2D eigenvalue weighted by molar-refractivity contribution is 5.97. The molecule has 42 heavy (non-hydrogen) atoms. The molecule has 0 aliphatic rings. The fourth-order valence-corrected chi connectivity index (χ4v) is 4.80. The van der Waals surface area contributed by atoms with Crippen molar-refractivity contribution in [2.45, 2.75) is 26.8 Å². The first-order valence-electron chi connectivity index (χ1n) is 13.9. The fourth-order valence-electron chi connectivity index (χ4n) is 4.80. The van der Waals surface area contributed by atoms with Crippen LogP contribution in [0.1, 0.15) is 34.0 Å². The minimum absolute atomic E-state index is 0.144. The number of hydrogen-bond acceptors (Lipinski definition) is 6. The van der Waals surface area contributed by atoms with Gasteiger partial charge in [-0.2, -0.15) is 0 Å². The van der Waals surface area contributed by atoms with Crippen LogP contribution in [0.15, 0.2) is 72.9 Å². The number of aromatic amines is 1. The smallest absolute Gasteiger partial charge is 0.273 e. The van der Waals surface area contributed by atoms with Crippen molar-refractivity contribution >= 4 is 28.4 Å². The summed E-state index contributed by atoms with van der Waals surface area (Å²) < 4.78 is 10.8. The molecule has 0 saturated heterocycles. The second kappa shape index (κ2) is 14.3. The number of aryl methyl sites for hydroxylation is 1. The maximum atomic E-state index is 13.8. The number of rotatable bonds is 14. The van der Waals surface area contributed by atoms with Crippen LogP contribution in [0.2, 0.25) is 0 Å². The Morgan fingerprint density at radius 3 is 2.48 bits per heavy atom. The Balaban J connectivity index is 1.57. The molecule has 3 aromatic carbocycles. The van der Waals surface area contributed by atoms with Crippen molar-refractivity contribution in [2.75, 3.05) is 40.0 Å². The third kappa shape index (κ3) is 7.52. The predicted molar refractivity (Wildman–Crippen MR) is 161 cm³/mol. The molecule has 0 aliphatic heterocycles. The molecule has 0 bridgehead atoms. The number of amides is 2. The lowest BCUT2D eigenvalue weighted by atomic mass is 10.1. The van der Waals surface area contributed by atoms with Crippen molar-refractivity contribution in [3.05, 3.63) is 105 Å². The molecule has 4 rings (SSSR count). The van der Waals surface area contributed by atoms with Gasteiger partial charge in [-0.3, -0.25) is 19.7 Å². The average Bonchev–Trinajstić information content (AvgIpc) is 3.41. The fraction of sp³-hybridized carbons (Fsp3) is 0.312. The van der Waals surface area contributed by atoms with E-state index < -0.39 is 10.8 Å². The second-order valence-electron chi connectivity index (χ2n) is 9.98. The highest BCUT2D eigenvalue weighted by atomic mass is 16.6. The average molecular weight is 573 g/mol. The van der Waals surface area contributed by atoms with Gasteiger partial charge in [-0.05, 0) is 55.7 Å². The quantitative estimate of drug-likeness (QED) is 0.165. The molecule has 4 aromatic rings. The van der Waals surface area contributed by atoms with Crippen molar-refractivity contribution < 1.29 is 24.0 Å². The van der Waals surface area contributed by atoms with Crippen LogP contribution >= 0.6 is 0 Å². The van der Waals surface area contributed by atoms with Gasteiger partial charge < -0.3 is 24.3 Å². The Kier molecular flexibility index (Phi) is 10.3. The zero-order valence-corrected chi connectivity index (χ0v) is 24.2. The van der Waals surface area contributed by atoms with E-state index in [0.717, 1.165) is 27.8 Å². The summed E-state index contributed by atoms with van der Waals surface area (Å²) in [6, 6.07) is 20.0. The van der Waals surface area contributed by atoms with Gasteiger partial charge >= 0.3 is 0 Å². The van der Waals surface area contributed by atoms with Gasteiger partial charge in [-0.1, -0.05) is 36.4 Å². The van der Waals surface area contributed by atoms with E-state index in [1.165, 1.54) is 18.1 Å². The van der Waals surface area contributed by atoms with Crippen molar-refractivity contribution in [2.24, 2.45) is 0 Å². The van der Waals surface area contributed by atoms with Gasteiger partial charge in [0.15, 0.2) is 0 Å². The molecule has 0 atom stereocenters. The number of H-pyrrole nitrogens is 1. The summed E-state index contributed by atoms with van der Waals surface area (Å²) in [7, 11) is 1.51. The van der Waals surface area contributed by atoms with Gasteiger partial charge in [0, 0.05) is 61.0 Å². The molecule has 0 saturated carbocycles. The molecule has 1 heterocycles. The SMILES string of the molecule is CCOc1ccc(CN(CCc2c[nH]c3ccccc23)C(=O)CN(CCOC)C(=O)c2ccc(C)c([N+](=O)[O-])c2)cc1. The van der Waals surface area contributed by atoms with E-state index in [0.29, 0.717) is 31.7 Å². The lowest BCUT2D eigenvalue weighted by molar-refractivity contribution is -0.385. The minimum atomic E-state index is -0.514. The van der Waals surface area contributed by atoms with Crippen LogP contribution in [0.25, 0.3) is 10.9 Å². The number of hydrogen-bond donors (Lipinski definition) is 1. The molecular weight excluding hydrogens is 536 g/mol. The van der Waals surface area contributed by atoms with E-state index >= 15 is 0 Å². The number of ether oxygens (including phenoxy) is 2. The summed E-state index contributed by atoms with van der Waals surface area (Å²) in [6.45, 7) is 5.03. The lowest BCUT2D eigenvalue weighted by Gasteiger charge is -2.28. The molecule has 0 unspecified atom stereocenters. The number of fused-ring (bicyclic) bond motifs is 1. The molecule has 0 aliphatic carbocycles. The first kappa shape index (κ1) is 30.3. The van der Waals surface area contributed by atoms with Gasteiger partial charge in [0.1, 0.15) is 12.3 Å². The van der Waals surface area contributed by atoms with Crippen LogP contribution in [0.4, 0.5) is 5.69 Å². The number of carbonyl (C=O) groups is 2. The first-order valence-corrected chi connectivity index (χ1v) is 13.9. The largest absolute Gasteiger partial charge is 0.494 e. The number of nitrogens with zero attached hydrogens (tertiary/aromatic N) is 3. The molecule has 10 heteroatoms. The number of nitro benzene ring substituents is 1. The third-order valence-electron chi connectivity index (χ3n) is 7.12. The molecule has 0 radical (unpaired) electrons. The highest BCUT2D eigenvalue weighted by Crippen LogP contribution is 2.22. The Bertz CT molecular complexity index is 1530. The number of aromatic nitrogens is 1. The van der Waals surface area contributed by atoms with Gasteiger partial charge in [0.2, 0.25) is 5.91 Å². The van der Waals surface area contributed by atoms with Crippen LogP contribution in [-0.2, 0) is 22.5 Å². The molecule has 0 fully saturated rings. The van der Waals surface area contributed by atoms with E-state index in [1.807, 2.05) is 61.7 Å². The van der Waals surface area contributed by atoms with E-state index in [-0.39, 0.29) is 36.9 Å². The van der Waals surface area contributed by atoms with Crippen LogP contribution in [-0.4, -0.2) is 71.5 Å². The van der Waals surface area contributed by atoms with E-state index in [1.54, 1.807) is 24.0 Å². The Labute approximate surface area is 245 Å². The van der Waals surface area contributed by atoms with Crippen molar-refractivity contribution in [3.8, 4) is 5.75 Å². The van der Waals surface area contributed by atoms with Gasteiger partial charge in [0.05, 0.1) is 18.1 Å². The monoisotopic (exact) mass is 572 g/mol. The Hall–Kier alpha value is -4.70. The molecule has 220 valence electrons. The van der Waals surface area contributed by atoms with Crippen molar-refractivity contribution in [1.82, 2.24) is 14.8 Å². The standard InChI is InChI=1S/C32H36N4O6/c1-4-42-27-13-10-24(11-14-27)21-34(16-15-26-20-33-29-8-6-5-7-28(26)29)31(37)22-35(17-18-41-3)32(38)25-12-9-23(2)30(19-25)36(39)40/h5-14,19-20,33H,4,15-18,21-22H2,1-3H3. The van der Waals surface area contributed by atoms with E-state index in [2.05, 4.69) is 4.98 Å². The number of benzene rings is 3. The third-order valence-corrected chi connectivity index (χ3v) is 7.12. The number of para-hydroxylation sites is 1. The van der Waals surface area contributed by atoms with Gasteiger partial charge in [0.25, 0.3) is 11.6 Å². The summed E-state index contributed by atoms with van der Waals surface area (Å²) in [5.41, 5.74) is 3.50. The molecule has 2 amide bonds. The van der Waals surface area contributed by atoms with Crippen molar-refractivity contribution in [1.29, 1.82) is 0 Å². The maximum Gasteiger partial charge on any atom is 0.273 e. The normalized spacial score (nSPS) is 10.9. The zero-order chi connectivity index (χ0) is 30.1. The topological polar surface area (TPSA) is 118 Å². The van der Waals surface area contributed by atoms with Crippen LogP contribution in [0, 0.1) is 17.0 Å².